The zero-order valence-electron chi connectivity index (χ0n) is 11.3. The molecule has 106 valence electrons. The van der Waals surface area contributed by atoms with Crippen LogP contribution in [-0.2, 0) is 0 Å². The second kappa shape index (κ2) is 6.14. The van der Waals surface area contributed by atoms with E-state index in [1.54, 1.807) is 7.11 Å². The summed E-state index contributed by atoms with van der Waals surface area (Å²) in [6.07, 6.45) is 6.13. The van der Waals surface area contributed by atoms with Gasteiger partial charge in [-0.05, 0) is 12.8 Å². The Kier molecular flexibility index (Phi) is 4.52. The number of nitrogens with two attached hydrogens (primary N) is 2. The van der Waals surface area contributed by atoms with E-state index in [4.69, 9.17) is 16.2 Å². The summed E-state index contributed by atoms with van der Waals surface area (Å²) < 4.78 is 5.37. The van der Waals surface area contributed by atoms with Gasteiger partial charge in [-0.15, -0.1) is 11.3 Å². The van der Waals surface area contributed by atoms with Crippen LogP contribution in [0.4, 0.5) is 10.7 Å². The van der Waals surface area contributed by atoms with E-state index in [9.17, 15) is 4.79 Å². The number of thiophene rings is 1. The minimum absolute atomic E-state index is 0.372. The summed E-state index contributed by atoms with van der Waals surface area (Å²) in [6, 6.07) is 0. The summed E-state index contributed by atoms with van der Waals surface area (Å²) >= 11 is 1.34. The molecule has 1 aliphatic heterocycles. The fraction of sp³-hybridized carbons (Fsp3) is 0.615. The summed E-state index contributed by atoms with van der Waals surface area (Å²) in [7, 11) is 1.58. The number of nitrogen functional groups attached to an aromatic ring is 1. The number of hydrogen-bond acceptors (Lipinski definition) is 5. The van der Waals surface area contributed by atoms with Crippen LogP contribution in [0.5, 0.6) is 5.75 Å². The van der Waals surface area contributed by atoms with Crippen LogP contribution < -0.4 is 21.1 Å². The predicted octanol–water partition coefficient (Wildman–Crippen LogP) is 2.21. The lowest BCUT2D eigenvalue weighted by atomic mass is 10.1. The molecule has 0 atom stereocenters. The molecule has 0 aromatic carbocycles. The molecule has 0 aliphatic carbocycles. The summed E-state index contributed by atoms with van der Waals surface area (Å²) in [5.41, 5.74) is 11.7. The third-order valence-electron chi connectivity index (χ3n) is 3.45. The smallest absolute Gasteiger partial charge is 0.261 e. The molecule has 1 aliphatic rings. The number of ether oxygens (including phenoxy) is 1. The molecule has 0 unspecified atom stereocenters. The zero-order valence-corrected chi connectivity index (χ0v) is 12.1. The minimum Gasteiger partial charge on any atom is -0.492 e. The van der Waals surface area contributed by atoms with Crippen molar-refractivity contribution in [3.63, 3.8) is 0 Å². The molecule has 1 amide bonds. The maximum Gasteiger partial charge on any atom is 0.261 e. The van der Waals surface area contributed by atoms with Gasteiger partial charge in [-0.2, -0.15) is 0 Å². The highest BCUT2D eigenvalue weighted by Gasteiger charge is 2.24. The first-order chi connectivity index (χ1) is 9.15. The Morgan fingerprint density at radius 2 is 1.79 bits per heavy atom. The molecular formula is C13H21N3O2S. The lowest BCUT2D eigenvalue weighted by Gasteiger charge is -2.26. The number of carbonyl (C=O) groups excluding carboxylic acids is 1. The van der Waals surface area contributed by atoms with E-state index < -0.39 is 5.91 Å². The highest BCUT2D eigenvalue weighted by molar-refractivity contribution is 7.19. The van der Waals surface area contributed by atoms with Crippen LogP contribution in [0, 0.1) is 0 Å². The Hall–Kier alpha value is -1.43. The second-order valence-electron chi connectivity index (χ2n) is 4.80. The number of methoxy groups -OCH3 is 1. The number of amides is 1. The molecule has 0 spiro atoms. The molecule has 2 heterocycles. The minimum atomic E-state index is -0.487. The number of nitrogens with zero attached hydrogens (tertiary/aromatic N) is 1. The van der Waals surface area contributed by atoms with Gasteiger partial charge in [0.25, 0.3) is 5.91 Å². The highest BCUT2D eigenvalue weighted by atomic mass is 32.1. The molecule has 5 nitrogen and oxygen atoms in total. The van der Waals surface area contributed by atoms with Crippen molar-refractivity contribution in [1.82, 2.24) is 0 Å². The van der Waals surface area contributed by atoms with Crippen LogP contribution in [0.2, 0.25) is 0 Å². The topological polar surface area (TPSA) is 81.6 Å². The number of primary amides is 1. The van der Waals surface area contributed by atoms with E-state index in [0.29, 0.717) is 16.3 Å². The summed E-state index contributed by atoms with van der Waals surface area (Å²) in [6.45, 7) is 1.96. The Balaban J connectivity index is 2.31. The van der Waals surface area contributed by atoms with E-state index in [1.807, 2.05) is 0 Å². The molecule has 19 heavy (non-hydrogen) atoms. The summed E-state index contributed by atoms with van der Waals surface area (Å²) in [5.74, 6) is 0.110. The van der Waals surface area contributed by atoms with Crippen LogP contribution in [0.3, 0.4) is 0 Å². The van der Waals surface area contributed by atoms with Gasteiger partial charge in [-0.25, -0.2) is 0 Å². The maximum absolute atomic E-state index is 11.4. The molecule has 1 aromatic heterocycles. The maximum atomic E-state index is 11.4. The fourth-order valence-corrected chi connectivity index (χ4v) is 3.55. The number of hydrogen-bond donors (Lipinski definition) is 2. The largest absolute Gasteiger partial charge is 0.492 e. The van der Waals surface area contributed by atoms with Crippen molar-refractivity contribution in [3.8, 4) is 5.75 Å². The standard InChI is InChI=1S/C13H21N3O2S/c1-18-10-9(14)11(12(15)17)19-13(10)16-7-5-3-2-4-6-8-16/h2-8,14H2,1H3,(H2,15,17). The number of anilines is 2. The number of rotatable bonds is 3. The number of carbonyl (C=O) groups is 1. The first kappa shape index (κ1) is 14.0. The molecule has 2 rings (SSSR count). The van der Waals surface area contributed by atoms with Gasteiger partial charge in [0.1, 0.15) is 15.6 Å². The molecular weight excluding hydrogens is 262 g/mol. The van der Waals surface area contributed by atoms with E-state index in [-0.39, 0.29) is 0 Å². The average Bonchev–Trinajstić information content (AvgIpc) is 2.66. The molecule has 0 saturated carbocycles. The second-order valence-corrected chi connectivity index (χ2v) is 5.80. The Morgan fingerprint density at radius 3 is 2.32 bits per heavy atom. The zero-order chi connectivity index (χ0) is 13.8. The molecule has 0 bridgehead atoms. The monoisotopic (exact) mass is 283 g/mol. The van der Waals surface area contributed by atoms with Crippen molar-refractivity contribution in [2.24, 2.45) is 5.73 Å². The van der Waals surface area contributed by atoms with Crippen LogP contribution >= 0.6 is 11.3 Å². The SMILES string of the molecule is COc1c(N2CCCCCCC2)sc(C(N)=O)c1N. The Morgan fingerprint density at radius 1 is 1.21 bits per heavy atom. The van der Waals surface area contributed by atoms with Gasteiger partial charge in [-0.1, -0.05) is 19.3 Å². The molecule has 1 saturated heterocycles. The van der Waals surface area contributed by atoms with E-state index in [0.717, 1.165) is 30.9 Å². The lowest BCUT2D eigenvalue weighted by Crippen LogP contribution is -2.26. The van der Waals surface area contributed by atoms with Gasteiger partial charge >= 0.3 is 0 Å². The predicted molar refractivity (Wildman–Crippen MR) is 79.1 cm³/mol. The first-order valence-corrected chi connectivity index (χ1v) is 7.47. The fourth-order valence-electron chi connectivity index (χ4n) is 2.46. The quantitative estimate of drug-likeness (QED) is 0.891. The highest BCUT2D eigenvalue weighted by Crippen LogP contribution is 2.44. The first-order valence-electron chi connectivity index (χ1n) is 6.66. The van der Waals surface area contributed by atoms with Crippen LogP contribution in [0.15, 0.2) is 0 Å². The van der Waals surface area contributed by atoms with Gasteiger partial charge in [0.2, 0.25) is 0 Å². The molecule has 1 aromatic rings. The summed E-state index contributed by atoms with van der Waals surface area (Å²) in [5, 5.41) is 0.940. The van der Waals surface area contributed by atoms with E-state index in [2.05, 4.69) is 4.90 Å². The van der Waals surface area contributed by atoms with Crippen molar-refractivity contribution >= 4 is 27.9 Å². The Labute approximate surface area is 117 Å². The van der Waals surface area contributed by atoms with E-state index >= 15 is 0 Å². The van der Waals surface area contributed by atoms with Crippen molar-refractivity contribution in [2.45, 2.75) is 32.1 Å². The third kappa shape index (κ3) is 2.94. The van der Waals surface area contributed by atoms with Crippen molar-refractivity contribution in [2.75, 3.05) is 30.8 Å². The van der Waals surface area contributed by atoms with Crippen molar-refractivity contribution in [3.05, 3.63) is 4.88 Å². The molecule has 6 heteroatoms. The van der Waals surface area contributed by atoms with Gasteiger partial charge in [-0.3, -0.25) is 4.79 Å². The molecule has 4 N–H and O–H groups in total. The Bertz CT molecular complexity index is 451. The summed E-state index contributed by atoms with van der Waals surface area (Å²) in [4.78, 5) is 14.1. The normalized spacial score (nSPS) is 16.8. The van der Waals surface area contributed by atoms with Crippen LogP contribution in [0.1, 0.15) is 41.8 Å². The molecule has 0 radical (unpaired) electrons. The van der Waals surface area contributed by atoms with Gasteiger partial charge in [0.05, 0.1) is 7.11 Å². The third-order valence-corrected chi connectivity index (χ3v) is 4.72. The molecule has 1 fully saturated rings. The van der Waals surface area contributed by atoms with Gasteiger partial charge in [0, 0.05) is 13.1 Å². The van der Waals surface area contributed by atoms with Crippen LogP contribution in [0.25, 0.3) is 0 Å². The van der Waals surface area contributed by atoms with Crippen molar-refractivity contribution < 1.29 is 9.53 Å². The van der Waals surface area contributed by atoms with Gasteiger partial charge in [0.15, 0.2) is 5.75 Å². The van der Waals surface area contributed by atoms with E-state index in [1.165, 1.54) is 30.6 Å². The van der Waals surface area contributed by atoms with Gasteiger partial charge < -0.3 is 21.1 Å². The lowest BCUT2D eigenvalue weighted by molar-refractivity contribution is 0.100. The van der Waals surface area contributed by atoms with Crippen molar-refractivity contribution in [1.29, 1.82) is 0 Å². The van der Waals surface area contributed by atoms with Crippen LogP contribution in [-0.4, -0.2) is 26.1 Å². The average molecular weight is 283 g/mol.